The molecule has 4 nitrogen and oxygen atoms in total. The highest BCUT2D eigenvalue weighted by molar-refractivity contribution is 5.91. The number of hydrogen-bond donors (Lipinski definition) is 0. The predicted octanol–water partition coefficient (Wildman–Crippen LogP) is 11.8. The molecule has 4 aromatic rings. The number of esters is 2. The van der Waals surface area contributed by atoms with Crippen LogP contribution in [0.5, 0.6) is 11.5 Å². The molecule has 6 rings (SSSR count). The van der Waals surface area contributed by atoms with E-state index in [1.807, 2.05) is 24.3 Å². The zero-order chi connectivity index (χ0) is 38.6. The Balaban J connectivity index is 0.000000201. The third-order valence-corrected chi connectivity index (χ3v) is 10.5. The molecule has 2 aliphatic rings. The fourth-order valence-corrected chi connectivity index (χ4v) is 7.25. The molecule has 2 heterocycles. The van der Waals surface area contributed by atoms with Gasteiger partial charge >= 0.3 is 11.9 Å². The van der Waals surface area contributed by atoms with Crippen LogP contribution in [0.3, 0.4) is 0 Å². The van der Waals surface area contributed by atoms with Crippen molar-refractivity contribution in [3.63, 3.8) is 0 Å². The first kappa shape index (κ1) is 39.0. The molecule has 52 heavy (non-hydrogen) atoms. The number of benzene rings is 4. The Labute approximate surface area is 313 Å². The van der Waals surface area contributed by atoms with Crippen molar-refractivity contribution >= 4 is 11.9 Å². The number of fused-ring (bicyclic) bond motifs is 2. The lowest BCUT2D eigenvalue weighted by molar-refractivity contribution is -0.134. The van der Waals surface area contributed by atoms with E-state index in [2.05, 4.69) is 145 Å². The summed E-state index contributed by atoms with van der Waals surface area (Å²) in [7, 11) is 0. The molecule has 0 saturated carbocycles. The predicted molar refractivity (Wildman–Crippen MR) is 214 cm³/mol. The summed E-state index contributed by atoms with van der Waals surface area (Å²) < 4.78 is 11.7. The van der Waals surface area contributed by atoms with Crippen LogP contribution in [0.15, 0.2) is 72.8 Å². The first-order chi connectivity index (χ1) is 24.1. The minimum atomic E-state index is -0.333. The molecule has 276 valence electrons. The molecular formula is C48H60O4. The van der Waals surface area contributed by atoms with Gasteiger partial charge in [-0.2, -0.15) is 0 Å². The zero-order valence-electron chi connectivity index (χ0n) is 34.1. The number of rotatable bonds is 4. The first-order valence-electron chi connectivity index (χ1n) is 19.0. The zero-order valence-corrected chi connectivity index (χ0v) is 34.1. The van der Waals surface area contributed by atoms with Gasteiger partial charge in [-0.15, -0.1) is 0 Å². The van der Waals surface area contributed by atoms with Crippen molar-refractivity contribution in [2.24, 2.45) is 0 Å². The summed E-state index contributed by atoms with van der Waals surface area (Å²) in [6, 6.07) is 25.4. The average molecular weight is 701 g/mol. The molecule has 0 saturated heterocycles. The monoisotopic (exact) mass is 700 g/mol. The van der Waals surface area contributed by atoms with Crippen molar-refractivity contribution < 1.29 is 19.1 Å². The van der Waals surface area contributed by atoms with Crippen molar-refractivity contribution in [3.05, 3.63) is 128 Å². The molecule has 0 radical (unpaired) electrons. The maximum atomic E-state index is 12.9. The van der Waals surface area contributed by atoms with Crippen molar-refractivity contribution in [2.45, 2.75) is 143 Å². The minimum absolute atomic E-state index is 0.00942. The van der Waals surface area contributed by atoms with E-state index < -0.39 is 0 Å². The van der Waals surface area contributed by atoms with Gasteiger partial charge in [0.15, 0.2) is 0 Å². The Bertz CT molecular complexity index is 1980. The number of ether oxygens (including phenoxy) is 2. The van der Waals surface area contributed by atoms with E-state index in [0.717, 1.165) is 57.7 Å². The van der Waals surface area contributed by atoms with Gasteiger partial charge in [0.2, 0.25) is 0 Å². The first-order valence-corrected chi connectivity index (χ1v) is 19.0. The summed E-state index contributed by atoms with van der Waals surface area (Å²) in [5.74, 6) is 0.556. The van der Waals surface area contributed by atoms with Crippen LogP contribution in [0.25, 0.3) is 0 Å². The summed E-state index contributed by atoms with van der Waals surface area (Å²) >= 11 is 0. The molecule has 4 aromatic carbocycles. The minimum Gasteiger partial charge on any atom is -0.425 e. The van der Waals surface area contributed by atoms with Gasteiger partial charge in [0, 0.05) is 22.3 Å². The van der Waals surface area contributed by atoms with Crippen LogP contribution in [-0.2, 0) is 44.1 Å². The lowest BCUT2D eigenvalue weighted by Crippen LogP contribution is -2.17. The molecular weight excluding hydrogens is 641 g/mol. The van der Waals surface area contributed by atoms with E-state index in [-0.39, 0.29) is 45.4 Å². The highest BCUT2D eigenvalue weighted by atomic mass is 16.5. The fraction of sp³-hybridized carbons (Fsp3) is 0.458. The van der Waals surface area contributed by atoms with E-state index in [4.69, 9.17) is 9.47 Å². The smallest absolute Gasteiger partial charge is 0.323 e. The van der Waals surface area contributed by atoms with Crippen LogP contribution < -0.4 is 9.47 Å². The summed E-state index contributed by atoms with van der Waals surface area (Å²) in [5, 5.41) is 0. The molecule has 2 atom stereocenters. The van der Waals surface area contributed by atoms with Crippen LogP contribution in [0.4, 0.5) is 0 Å². The molecule has 0 aromatic heterocycles. The lowest BCUT2D eigenvalue weighted by atomic mass is 9.77. The molecule has 0 fully saturated rings. The van der Waals surface area contributed by atoms with E-state index in [1.54, 1.807) is 0 Å². The van der Waals surface area contributed by atoms with Gasteiger partial charge in [-0.1, -0.05) is 170 Å². The van der Waals surface area contributed by atoms with Gasteiger partial charge in [-0.05, 0) is 67.9 Å². The Hall–Kier alpha value is -4.18. The van der Waals surface area contributed by atoms with Crippen molar-refractivity contribution in [1.29, 1.82) is 0 Å². The van der Waals surface area contributed by atoms with Crippen molar-refractivity contribution in [2.75, 3.05) is 0 Å². The van der Waals surface area contributed by atoms with Gasteiger partial charge < -0.3 is 9.47 Å². The molecule has 2 unspecified atom stereocenters. The Morgan fingerprint density at radius 2 is 0.981 bits per heavy atom. The Morgan fingerprint density at radius 1 is 0.500 bits per heavy atom. The maximum Gasteiger partial charge on any atom is 0.323 e. The van der Waals surface area contributed by atoms with Gasteiger partial charge in [-0.3, -0.25) is 9.59 Å². The standard InChI is InChI=1S/2C24H30O2/c1-8-15-10-9-11-16(12-15)20-18-13-17(23(2,3)4)14-19(24(5,6)7)21(18)26-22(20)25;1-8-15-11-9-10-12-17(15)20-18-13-16(23(2,3)4)14-19(24(5,6)7)21(18)26-22(20)25/h2*9-14,20H,8H2,1-7H3. The molecule has 4 heteroatoms. The van der Waals surface area contributed by atoms with Crippen LogP contribution in [0, 0.1) is 0 Å². The highest BCUT2D eigenvalue weighted by Crippen LogP contribution is 2.49. The number of hydrogen-bond acceptors (Lipinski definition) is 4. The lowest BCUT2D eigenvalue weighted by Gasteiger charge is -2.27. The highest BCUT2D eigenvalue weighted by Gasteiger charge is 2.41. The Kier molecular flexibility index (Phi) is 10.5. The third kappa shape index (κ3) is 7.77. The van der Waals surface area contributed by atoms with Crippen LogP contribution in [-0.4, -0.2) is 11.9 Å². The number of aryl methyl sites for hydroxylation is 2. The average Bonchev–Trinajstić information content (AvgIpc) is 3.56. The van der Waals surface area contributed by atoms with Crippen molar-refractivity contribution in [1.82, 2.24) is 0 Å². The summed E-state index contributed by atoms with van der Waals surface area (Å²) in [4.78, 5) is 25.8. The fourth-order valence-electron chi connectivity index (χ4n) is 7.25. The molecule has 0 aliphatic carbocycles. The van der Waals surface area contributed by atoms with E-state index in [0.29, 0.717) is 0 Å². The summed E-state index contributed by atoms with van der Waals surface area (Å²) in [6.45, 7) is 30.6. The van der Waals surface area contributed by atoms with Crippen molar-refractivity contribution in [3.8, 4) is 11.5 Å². The van der Waals surface area contributed by atoms with E-state index in [9.17, 15) is 9.59 Å². The molecule has 0 spiro atoms. The normalized spacial score (nSPS) is 17.2. The van der Waals surface area contributed by atoms with E-state index in [1.165, 1.54) is 22.3 Å². The van der Waals surface area contributed by atoms with Gasteiger partial charge in [0.05, 0.1) is 0 Å². The van der Waals surface area contributed by atoms with Gasteiger partial charge in [0.1, 0.15) is 23.3 Å². The van der Waals surface area contributed by atoms with Crippen LogP contribution in [0.1, 0.15) is 164 Å². The molecule has 0 amide bonds. The molecule has 0 N–H and O–H groups in total. The van der Waals surface area contributed by atoms with Gasteiger partial charge in [-0.25, -0.2) is 0 Å². The van der Waals surface area contributed by atoms with E-state index >= 15 is 0 Å². The number of carbonyl (C=O) groups excluding carboxylic acids is 2. The summed E-state index contributed by atoms with van der Waals surface area (Å²) in [6.07, 6.45) is 1.86. The summed E-state index contributed by atoms with van der Waals surface area (Å²) in [5.41, 5.74) is 11.1. The van der Waals surface area contributed by atoms with Crippen LogP contribution >= 0.6 is 0 Å². The maximum absolute atomic E-state index is 12.9. The van der Waals surface area contributed by atoms with Crippen LogP contribution in [0.2, 0.25) is 0 Å². The largest absolute Gasteiger partial charge is 0.425 e. The topological polar surface area (TPSA) is 52.6 Å². The van der Waals surface area contributed by atoms with Gasteiger partial charge in [0.25, 0.3) is 0 Å². The third-order valence-electron chi connectivity index (χ3n) is 10.5. The second-order valence-electron chi connectivity index (χ2n) is 18.7. The Morgan fingerprint density at radius 3 is 1.44 bits per heavy atom. The molecule has 0 bridgehead atoms. The second-order valence-corrected chi connectivity index (χ2v) is 18.7. The molecule has 2 aliphatic heterocycles. The quantitative estimate of drug-likeness (QED) is 0.157. The SMILES string of the molecule is CCc1cccc(C2C(=O)Oc3c2cc(C(C)(C)C)cc3C(C)(C)C)c1.CCc1ccccc1C1C(=O)Oc2c1cc(C(C)(C)C)cc2C(C)(C)C. The second kappa shape index (κ2) is 14.0. The number of carbonyl (C=O) groups is 2.